The molecule has 0 saturated heterocycles. The van der Waals surface area contributed by atoms with E-state index in [1.165, 1.54) is 0 Å². The molecule has 1 aliphatic rings. The van der Waals surface area contributed by atoms with Crippen molar-refractivity contribution in [2.24, 2.45) is 0 Å². The van der Waals surface area contributed by atoms with Crippen LogP contribution in [0.1, 0.15) is 29.7 Å². The molecule has 1 aliphatic heterocycles. The molecule has 1 aromatic carbocycles. The molecule has 0 spiro atoms. The molecule has 0 bridgehead atoms. The van der Waals surface area contributed by atoms with Crippen LogP contribution in [0.3, 0.4) is 0 Å². The van der Waals surface area contributed by atoms with Gasteiger partial charge in [-0.05, 0) is 18.6 Å². The third kappa shape index (κ3) is 2.51. The summed E-state index contributed by atoms with van der Waals surface area (Å²) in [6.45, 7) is 4.68. The fraction of sp³-hybridized carbons (Fsp3) is 0.353. The molecule has 0 aliphatic carbocycles. The van der Waals surface area contributed by atoms with Gasteiger partial charge in [0.15, 0.2) is 5.69 Å². The highest BCUT2D eigenvalue weighted by Crippen LogP contribution is 2.19. The second-order valence-electron chi connectivity index (χ2n) is 5.79. The number of aromatic nitrogens is 4. The minimum absolute atomic E-state index is 0.212. The number of nitrogens with zero attached hydrogens (tertiary/aromatic N) is 4. The van der Waals surface area contributed by atoms with E-state index in [0.29, 0.717) is 31.3 Å². The first-order valence-corrected chi connectivity index (χ1v) is 8.19. The third-order valence-corrected chi connectivity index (χ3v) is 4.12. The van der Waals surface area contributed by atoms with Crippen LogP contribution in [0, 0.1) is 0 Å². The average Bonchev–Trinajstić information content (AvgIpc) is 3.26. The lowest BCUT2D eigenvalue weighted by Crippen LogP contribution is -2.25. The zero-order chi connectivity index (χ0) is 16.5. The highest BCUT2D eigenvalue weighted by atomic mass is 16.5. The smallest absolute Gasteiger partial charge is 0.272 e. The molecule has 3 aromatic rings. The van der Waals surface area contributed by atoms with Crippen LogP contribution in [0.15, 0.2) is 30.3 Å². The van der Waals surface area contributed by atoms with Gasteiger partial charge in [0.2, 0.25) is 5.88 Å². The molecular formula is C17H19N5O2. The fourth-order valence-electron chi connectivity index (χ4n) is 3.01. The van der Waals surface area contributed by atoms with Crippen LogP contribution in [-0.4, -0.2) is 31.8 Å². The van der Waals surface area contributed by atoms with Crippen molar-refractivity contribution in [2.45, 2.75) is 33.0 Å². The van der Waals surface area contributed by atoms with Crippen molar-refractivity contribution in [3.63, 3.8) is 0 Å². The van der Waals surface area contributed by atoms with E-state index in [-0.39, 0.29) is 5.91 Å². The van der Waals surface area contributed by atoms with Gasteiger partial charge >= 0.3 is 0 Å². The topological polar surface area (TPSA) is 74.0 Å². The van der Waals surface area contributed by atoms with Gasteiger partial charge in [-0.2, -0.15) is 5.10 Å². The van der Waals surface area contributed by atoms with Gasteiger partial charge < -0.3 is 14.6 Å². The number of nitrogens with one attached hydrogen (secondary N) is 1. The number of imidazole rings is 1. The Hall–Kier alpha value is -2.83. The summed E-state index contributed by atoms with van der Waals surface area (Å²) in [4.78, 5) is 17.0. The highest BCUT2D eigenvalue weighted by molar-refractivity contribution is 5.92. The van der Waals surface area contributed by atoms with E-state index >= 15 is 0 Å². The number of amides is 1. The van der Waals surface area contributed by atoms with Crippen molar-refractivity contribution >= 4 is 16.9 Å². The molecule has 0 saturated carbocycles. The largest absolute Gasteiger partial charge is 0.476 e. The maximum atomic E-state index is 12.3. The van der Waals surface area contributed by atoms with E-state index in [0.717, 1.165) is 29.8 Å². The second kappa shape index (κ2) is 5.99. The number of hydrogen-bond acceptors (Lipinski definition) is 4. The van der Waals surface area contributed by atoms with Gasteiger partial charge in [-0.25, -0.2) is 9.67 Å². The van der Waals surface area contributed by atoms with Crippen LogP contribution in [0.2, 0.25) is 0 Å². The van der Waals surface area contributed by atoms with Gasteiger partial charge in [0.1, 0.15) is 12.4 Å². The Balaban J connectivity index is 1.53. The standard InChI is InChI=1S/C17H19N5O2/c1-2-7-21-14-6-4-3-5-12(14)19-15(21)11-18-17(23)13-10-16-22(20-13)8-9-24-16/h3-6,10H,2,7-9,11H2,1H3,(H,18,23). The van der Waals surface area contributed by atoms with Crippen molar-refractivity contribution in [1.29, 1.82) is 0 Å². The number of ether oxygens (including phenoxy) is 1. The Morgan fingerprint density at radius 3 is 3.08 bits per heavy atom. The third-order valence-electron chi connectivity index (χ3n) is 4.12. The first kappa shape index (κ1) is 14.7. The van der Waals surface area contributed by atoms with Gasteiger partial charge in [-0.15, -0.1) is 0 Å². The first-order valence-electron chi connectivity index (χ1n) is 8.19. The molecule has 0 radical (unpaired) electrons. The molecule has 7 heteroatoms. The van der Waals surface area contributed by atoms with Crippen LogP contribution in [0.5, 0.6) is 5.88 Å². The molecular weight excluding hydrogens is 306 g/mol. The molecule has 7 nitrogen and oxygen atoms in total. The molecule has 4 rings (SSSR count). The lowest BCUT2D eigenvalue weighted by Gasteiger charge is -2.08. The molecule has 1 N–H and O–H groups in total. The van der Waals surface area contributed by atoms with E-state index in [9.17, 15) is 4.79 Å². The normalized spacial score (nSPS) is 13.0. The van der Waals surface area contributed by atoms with Gasteiger partial charge in [0.25, 0.3) is 5.91 Å². The van der Waals surface area contributed by atoms with Crippen molar-refractivity contribution < 1.29 is 9.53 Å². The zero-order valence-electron chi connectivity index (χ0n) is 13.5. The number of para-hydroxylation sites is 2. The molecule has 0 unspecified atom stereocenters. The number of hydrogen-bond donors (Lipinski definition) is 1. The van der Waals surface area contributed by atoms with Crippen LogP contribution in [-0.2, 0) is 19.6 Å². The number of aryl methyl sites for hydroxylation is 1. The minimum Gasteiger partial charge on any atom is -0.476 e. The van der Waals surface area contributed by atoms with Gasteiger partial charge in [0.05, 0.1) is 24.1 Å². The van der Waals surface area contributed by atoms with E-state index < -0.39 is 0 Å². The molecule has 0 atom stereocenters. The van der Waals surface area contributed by atoms with Crippen LogP contribution < -0.4 is 10.1 Å². The van der Waals surface area contributed by atoms with E-state index in [2.05, 4.69) is 33.0 Å². The van der Waals surface area contributed by atoms with Gasteiger partial charge in [-0.3, -0.25) is 4.79 Å². The molecule has 3 heterocycles. The highest BCUT2D eigenvalue weighted by Gasteiger charge is 2.19. The van der Waals surface area contributed by atoms with Crippen LogP contribution in [0.4, 0.5) is 0 Å². The monoisotopic (exact) mass is 325 g/mol. The maximum absolute atomic E-state index is 12.3. The van der Waals surface area contributed by atoms with Crippen LogP contribution >= 0.6 is 0 Å². The Bertz CT molecular complexity index is 874. The lowest BCUT2D eigenvalue weighted by atomic mass is 10.3. The summed E-state index contributed by atoms with van der Waals surface area (Å²) in [6.07, 6.45) is 1.01. The summed E-state index contributed by atoms with van der Waals surface area (Å²) < 4.78 is 9.26. The Morgan fingerprint density at radius 1 is 1.38 bits per heavy atom. The van der Waals surface area contributed by atoms with Gasteiger partial charge in [-0.1, -0.05) is 19.1 Å². The van der Waals surface area contributed by atoms with E-state index in [1.54, 1.807) is 10.7 Å². The van der Waals surface area contributed by atoms with Crippen molar-refractivity contribution in [3.05, 3.63) is 41.9 Å². The summed E-state index contributed by atoms with van der Waals surface area (Å²) in [5.41, 5.74) is 2.42. The lowest BCUT2D eigenvalue weighted by molar-refractivity contribution is 0.0943. The summed E-state index contributed by atoms with van der Waals surface area (Å²) >= 11 is 0. The van der Waals surface area contributed by atoms with E-state index in [1.807, 2.05) is 18.2 Å². The number of carbonyl (C=O) groups excluding carboxylic acids is 1. The quantitative estimate of drug-likeness (QED) is 0.778. The summed E-state index contributed by atoms with van der Waals surface area (Å²) in [7, 11) is 0. The predicted octanol–water partition coefficient (Wildman–Crippen LogP) is 1.97. The number of rotatable bonds is 5. The Morgan fingerprint density at radius 2 is 2.25 bits per heavy atom. The molecule has 24 heavy (non-hydrogen) atoms. The second-order valence-corrected chi connectivity index (χ2v) is 5.79. The van der Waals surface area contributed by atoms with Crippen molar-refractivity contribution in [3.8, 4) is 5.88 Å². The maximum Gasteiger partial charge on any atom is 0.272 e. The fourth-order valence-corrected chi connectivity index (χ4v) is 3.01. The van der Waals surface area contributed by atoms with Crippen LogP contribution in [0.25, 0.3) is 11.0 Å². The molecule has 0 fully saturated rings. The summed E-state index contributed by atoms with van der Waals surface area (Å²) in [5.74, 6) is 1.29. The Labute approximate surface area is 139 Å². The van der Waals surface area contributed by atoms with Crippen molar-refractivity contribution in [2.75, 3.05) is 6.61 Å². The summed E-state index contributed by atoms with van der Waals surface area (Å²) in [5, 5.41) is 7.17. The predicted molar refractivity (Wildman–Crippen MR) is 88.9 cm³/mol. The molecule has 2 aromatic heterocycles. The first-order chi connectivity index (χ1) is 11.8. The average molecular weight is 325 g/mol. The number of fused-ring (bicyclic) bond motifs is 2. The van der Waals surface area contributed by atoms with Gasteiger partial charge in [0, 0.05) is 12.6 Å². The zero-order valence-corrected chi connectivity index (χ0v) is 13.5. The minimum atomic E-state index is -0.212. The number of benzene rings is 1. The number of carbonyl (C=O) groups is 1. The van der Waals surface area contributed by atoms with E-state index in [4.69, 9.17) is 4.74 Å². The summed E-state index contributed by atoms with van der Waals surface area (Å²) in [6, 6.07) is 9.70. The SMILES string of the molecule is CCCn1c(CNC(=O)c2cc3n(n2)CCO3)nc2ccccc21. The Kier molecular flexibility index (Phi) is 3.68. The molecule has 124 valence electrons. The van der Waals surface area contributed by atoms with Crippen molar-refractivity contribution in [1.82, 2.24) is 24.6 Å². The molecule has 1 amide bonds.